The second-order valence-electron chi connectivity index (χ2n) is 13.0. The molecule has 1 aliphatic rings. The zero-order valence-electron chi connectivity index (χ0n) is 26.1. The molecule has 0 aliphatic carbocycles. The maximum absolute atomic E-state index is 9.75. The van der Waals surface area contributed by atoms with E-state index in [-0.39, 0.29) is 11.1 Å². The van der Waals surface area contributed by atoms with Gasteiger partial charge in [-0.05, 0) is 53.2 Å². The molecule has 4 nitrogen and oxygen atoms in total. The minimum absolute atomic E-state index is 0.0638. The number of hydrogen-bond acceptors (Lipinski definition) is 2. The Morgan fingerprint density at radius 3 is 1.84 bits per heavy atom. The van der Waals surface area contributed by atoms with Crippen LogP contribution in [-0.2, 0) is 16.4 Å². The molecule has 43 heavy (non-hydrogen) atoms. The molecule has 0 amide bonds. The first kappa shape index (κ1) is 32.7. The molecule has 0 bridgehead atoms. The van der Waals surface area contributed by atoms with E-state index in [2.05, 4.69) is 148 Å². The van der Waals surface area contributed by atoms with Crippen molar-refractivity contribution in [2.45, 2.75) is 83.2 Å². The molecule has 2 heterocycles. The van der Waals surface area contributed by atoms with Crippen molar-refractivity contribution in [2.24, 2.45) is 0 Å². The number of halogens is 4. The van der Waals surface area contributed by atoms with Gasteiger partial charge in [0.15, 0.2) is 8.32 Å². The van der Waals surface area contributed by atoms with Crippen LogP contribution in [0.4, 0.5) is 17.3 Å². The van der Waals surface area contributed by atoms with Crippen LogP contribution in [0.25, 0.3) is 5.69 Å². The van der Waals surface area contributed by atoms with E-state index in [0.717, 1.165) is 24.4 Å². The third-order valence-electron chi connectivity index (χ3n) is 8.63. The number of fused-ring (bicyclic) bond motifs is 1. The second kappa shape index (κ2) is 12.4. The van der Waals surface area contributed by atoms with Crippen molar-refractivity contribution in [3.8, 4) is 5.69 Å². The molecule has 10 heteroatoms. The quantitative estimate of drug-likeness (QED) is 0.119. The summed E-state index contributed by atoms with van der Waals surface area (Å²) in [5.74, 6) is 1.53. The van der Waals surface area contributed by atoms with Crippen LogP contribution >= 0.6 is 0 Å². The van der Waals surface area contributed by atoms with Crippen LogP contribution in [0.5, 0.6) is 0 Å². The van der Waals surface area contributed by atoms with Crippen molar-refractivity contribution in [3.63, 3.8) is 0 Å². The highest BCUT2D eigenvalue weighted by Gasteiger charge is 2.55. The number of rotatable bonds is 7. The van der Waals surface area contributed by atoms with E-state index in [4.69, 9.17) is 9.52 Å². The van der Waals surface area contributed by atoms with E-state index in [1.807, 2.05) is 0 Å². The molecule has 4 aromatic rings. The highest BCUT2D eigenvalue weighted by molar-refractivity contribution is 6.74. The van der Waals surface area contributed by atoms with Crippen molar-refractivity contribution in [3.05, 3.63) is 114 Å². The molecule has 1 aliphatic heterocycles. The highest BCUT2D eigenvalue weighted by Crippen LogP contribution is 2.50. The number of nitrogens with zero attached hydrogens (tertiary/aromatic N) is 3. The lowest BCUT2D eigenvalue weighted by Crippen LogP contribution is -2.57. The smallest absolute Gasteiger partial charge is 0.418 e. The van der Waals surface area contributed by atoms with E-state index in [1.54, 1.807) is 0 Å². The van der Waals surface area contributed by atoms with E-state index >= 15 is 0 Å². The van der Waals surface area contributed by atoms with Gasteiger partial charge in [-0.25, -0.2) is 4.57 Å². The zero-order valence-corrected chi connectivity index (χ0v) is 27.1. The van der Waals surface area contributed by atoms with Gasteiger partial charge in [0.05, 0.1) is 0 Å². The Morgan fingerprint density at radius 2 is 1.35 bits per heavy atom. The summed E-state index contributed by atoms with van der Waals surface area (Å²) in [6, 6.07) is 30.5. The molecule has 1 atom stereocenters. The Hall–Kier alpha value is -3.24. The first-order chi connectivity index (χ1) is 20.0. The monoisotopic (exact) mass is 611 g/mol. The van der Waals surface area contributed by atoms with E-state index in [9.17, 15) is 17.3 Å². The molecule has 0 N–H and O–H groups in total. The van der Waals surface area contributed by atoms with Crippen LogP contribution in [0.2, 0.25) is 18.1 Å². The van der Waals surface area contributed by atoms with Gasteiger partial charge in [-0.2, -0.15) is 0 Å². The lowest BCUT2D eigenvalue weighted by atomic mass is 9.79. The summed E-state index contributed by atoms with van der Waals surface area (Å²) in [5, 5.41) is 5.20. The summed E-state index contributed by atoms with van der Waals surface area (Å²) < 4.78 is 51.2. The summed E-state index contributed by atoms with van der Waals surface area (Å²) in [7, 11) is -8.22. The van der Waals surface area contributed by atoms with Gasteiger partial charge in [0, 0.05) is 11.5 Å². The standard InChI is InChI=1S/C33H42N3OSi.BF4/c1-25(2)28-20-14-15-21-29(28)36-24-35-30(22-23-31(35)34-36)33(26-16-10-8-11-17-26,27-18-12-9-13-19-27)37-38(6,7)32(3,4)5;2-1(3,4)5/h8-21,24-25,30H,22-23H2,1-7H3;/q+1;-1/t30-;/m0./s1. The molecular weight excluding hydrogens is 569 g/mol. The van der Waals surface area contributed by atoms with Gasteiger partial charge in [-0.3, -0.25) is 0 Å². The second-order valence-corrected chi connectivity index (χ2v) is 17.7. The molecule has 0 saturated heterocycles. The fourth-order valence-electron chi connectivity index (χ4n) is 5.59. The maximum atomic E-state index is 9.75. The lowest BCUT2D eigenvalue weighted by Gasteiger charge is -2.48. The summed E-state index contributed by atoms with van der Waals surface area (Å²) in [6.07, 6.45) is 4.11. The van der Waals surface area contributed by atoms with Crippen molar-refractivity contribution in [1.82, 2.24) is 9.78 Å². The van der Waals surface area contributed by atoms with Crippen LogP contribution in [0.3, 0.4) is 0 Å². The Balaban J connectivity index is 0.000000782. The average Bonchev–Trinajstić information content (AvgIpc) is 3.53. The summed E-state index contributed by atoms with van der Waals surface area (Å²) in [5.41, 5.74) is 4.24. The summed E-state index contributed by atoms with van der Waals surface area (Å²) in [6.45, 7) is 16.2. The van der Waals surface area contributed by atoms with Gasteiger partial charge in [-0.15, -0.1) is 0 Å². The fraction of sp³-hybridized carbons (Fsp3) is 0.394. The van der Waals surface area contributed by atoms with E-state index in [1.165, 1.54) is 16.7 Å². The van der Waals surface area contributed by atoms with Crippen LogP contribution in [0.1, 0.15) is 75.5 Å². The van der Waals surface area contributed by atoms with Crippen molar-refractivity contribution in [2.75, 3.05) is 0 Å². The number of aromatic nitrogens is 3. The summed E-state index contributed by atoms with van der Waals surface area (Å²) >= 11 is 0. The fourth-order valence-corrected chi connectivity index (χ4v) is 7.08. The molecule has 5 rings (SSSR count). The SMILES string of the molecule is CC(C)c1ccccc1-n1c[n+]2c(n1)CC[C@H]2C(O[Si](C)(C)C(C)(C)C)(c1ccccc1)c1ccccc1.F[B-](F)(F)F. The third kappa shape index (κ3) is 7.12. The number of hydrogen-bond donors (Lipinski definition) is 0. The molecule has 3 aromatic carbocycles. The lowest BCUT2D eigenvalue weighted by molar-refractivity contribution is -0.730. The molecule has 0 spiro atoms. The Bertz CT molecular complexity index is 1460. The van der Waals surface area contributed by atoms with Gasteiger partial charge in [0.1, 0.15) is 17.3 Å². The highest BCUT2D eigenvalue weighted by atomic mass is 28.4. The van der Waals surface area contributed by atoms with E-state index < -0.39 is 21.2 Å². The topological polar surface area (TPSA) is 30.9 Å². The van der Waals surface area contributed by atoms with Crippen molar-refractivity contribution >= 4 is 15.6 Å². The number of aryl methyl sites for hydroxylation is 1. The summed E-state index contributed by atoms with van der Waals surface area (Å²) in [4.78, 5) is 0. The van der Waals surface area contributed by atoms with Gasteiger partial charge >= 0.3 is 7.25 Å². The predicted molar refractivity (Wildman–Crippen MR) is 167 cm³/mol. The van der Waals surface area contributed by atoms with Crippen LogP contribution < -0.4 is 4.57 Å². The first-order valence-electron chi connectivity index (χ1n) is 14.8. The van der Waals surface area contributed by atoms with Crippen LogP contribution in [-0.4, -0.2) is 25.4 Å². The molecule has 0 fully saturated rings. The molecule has 230 valence electrons. The third-order valence-corrected chi connectivity index (χ3v) is 13.1. The molecule has 1 aromatic heterocycles. The van der Waals surface area contributed by atoms with E-state index in [0.29, 0.717) is 5.92 Å². The molecule has 0 unspecified atom stereocenters. The minimum Gasteiger partial charge on any atom is -0.418 e. The first-order valence-corrected chi connectivity index (χ1v) is 17.7. The molecular formula is C33H42BF4N3OSi. The molecule has 0 saturated carbocycles. The molecule has 0 radical (unpaired) electrons. The average molecular weight is 612 g/mol. The van der Waals surface area contributed by atoms with Crippen molar-refractivity contribution < 1.29 is 26.3 Å². The van der Waals surface area contributed by atoms with Gasteiger partial charge in [0.2, 0.25) is 6.33 Å². The van der Waals surface area contributed by atoms with Crippen LogP contribution in [0.15, 0.2) is 91.3 Å². The van der Waals surface area contributed by atoms with Crippen molar-refractivity contribution in [1.29, 1.82) is 0 Å². The maximum Gasteiger partial charge on any atom is 0.673 e. The largest absolute Gasteiger partial charge is 0.673 e. The predicted octanol–water partition coefficient (Wildman–Crippen LogP) is 9.04. The van der Waals surface area contributed by atoms with Gasteiger partial charge in [0.25, 0.3) is 5.82 Å². The normalized spacial score (nSPS) is 15.7. The Labute approximate surface area is 254 Å². The minimum atomic E-state index is -6.00. The van der Waals surface area contributed by atoms with Gasteiger partial charge < -0.3 is 21.7 Å². The Morgan fingerprint density at radius 1 is 0.860 bits per heavy atom. The number of benzene rings is 3. The zero-order chi connectivity index (χ0) is 31.6. The Kier molecular flexibility index (Phi) is 9.42. The van der Waals surface area contributed by atoms with Gasteiger partial charge in [-0.1, -0.05) is 118 Å². The number of para-hydroxylation sites is 1. The van der Waals surface area contributed by atoms with Crippen LogP contribution in [0, 0.1) is 0 Å².